The van der Waals surface area contributed by atoms with Gasteiger partial charge >= 0.3 is 0 Å². The highest BCUT2D eigenvalue weighted by Crippen LogP contribution is 2.28. The molecule has 0 radical (unpaired) electrons. The Hall–Kier alpha value is -3.71. The Morgan fingerprint density at radius 2 is 1.55 bits per heavy atom. The van der Waals surface area contributed by atoms with Crippen LogP contribution >= 0.6 is 0 Å². The topological polar surface area (TPSA) is 70.6 Å². The lowest BCUT2D eigenvalue weighted by molar-refractivity contribution is -0.129. The molecule has 7 heteroatoms. The van der Waals surface area contributed by atoms with E-state index < -0.39 is 10.0 Å². The van der Waals surface area contributed by atoms with Crippen LogP contribution in [0.15, 0.2) is 90.0 Å². The standard InChI is InChI=1S/C31H35N3O3S/c1-6-33(21-24-19-20-32-29-10-8-7-9-28(24)29)30(35)22-34(26-15-11-23(2)12-16-26)38(36,37)27-17-13-25(14-18-27)31(3,4)5/h7-20H,6,21-22H2,1-5H3. The molecule has 4 aromatic rings. The molecule has 0 aliphatic carbocycles. The maximum Gasteiger partial charge on any atom is 0.264 e. The van der Waals surface area contributed by atoms with Crippen LogP contribution in [0.1, 0.15) is 44.4 Å². The van der Waals surface area contributed by atoms with Gasteiger partial charge in [0.15, 0.2) is 0 Å². The average molecular weight is 530 g/mol. The summed E-state index contributed by atoms with van der Waals surface area (Å²) in [5, 5.41) is 0.975. The first-order valence-corrected chi connectivity index (χ1v) is 14.2. The number of fused-ring (bicyclic) bond motifs is 1. The van der Waals surface area contributed by atoms with E-state index in [4.69, 9.17) is 0 Å². The number of carbonyl (C=O) groups excluding carboxylic acids is 1. The molecule has 1 heterocycles. The number of para-hydroxylation sites is 1. The number of hydrogen-bond acceptors (Lipinski definition) is 4. The Balaban J connectivity index is 1.67. The van der Waals surface area contributed by atoms with E-state index in [0.717, 1.165) is 27.6 Å². The molecule has 0 saturated carbocycles. The molecule has 0 aliphatic heterocycles. The molecule has 0 N–H and O–H groups in total. The lowest BCUT2D eigenvalue weighted by atomic mass is 9.87. The lowest BCUT2D eigenvalue weighted by Gasteiger charge is -2.28. The molecular weight excluding hydrogens is 494 g/mol. The maximum atomic E-state index is 13.9. The predicted molar refractivity (Wildman–Crippen MR) is 154 cm³/mol. The second kappa shape index (κ2) is 11.0. The van der Waals surface area contributed by atoms with E-state index in [0.29, 0.717) is 18.8 Å². The molecule has 1 amide bonds. The van der Waals surface area contributed by atoms with Gasteiger partial charge in [0.05, 0.1) is 16.1 Å². The van der Waals surface area contributed by atoms with Crippen LogP contribution in [0.4, 0.5) is 5.69 Å². The third-order valence-corrected chi connectivity index (χ3v) is 8.53. The van der Waals surface area contributed by atoms with Crippen LogP contribution < -0.4 is 4.31 Å². The van der Waals surface area contributed by atoms with Gasteiger partial charge in [0.25, 0.3) is 10.0 Å². The highest BCUT2D eigenvalue weighted by atomic mass is 32.2. The van der Waals surface area contributed by atoms with Gasteiger partial charge in [0, 0.05) is 24.7 Å². The number of likely N-dealkylation sites (N-methyl/N-ethyl adjacent to an activating group) is 1. The van der Waals surface area contributed by atoms with Gasteiger partial charge in [-0.2, -0.15) is 0 Å². The molecule has 3 aromatic carbocycles. The van der Waals surface area contributed by atoms with E-state index in [1.54, 1.807) is 35.4 Å². The number of sulfonamides is 1. The minimum absolute atomic E-state index is 0.104. The third-order valence-electron chi connectivity index (χ3n) is 6.74. The van der Waals surface area contributed by atoms with Crippen molar-refractivity contribution in [2.75, 3.05) is 17.4 Å². The summed E-state index contributed by atoms with van der Waals surface area (Å²) in [6.45, 7) is 10.6. The monoisotopic (exact) mass is 529 g/mol. The van der Waals surface area contributed by atoms with Crippen molar-refractivity contribution in [3.63, 3.8) is 0 Å². The largest absolute Gasteiger partial charge is 0.337 e. The summed E-state index contributed by atoms with van der Waals surface area (Å²) < 4.78 is 29.0. The first-order chi connectivity index (χ1) is 18.0. The number of carbonyl (C=O) groups is 1. The number of benzene rings is 3. The van der Waals surface area contributed by atoms with Crippen molar-refractivity contribution < 1.29 is 13.2 Å². The lowest BCUT2D eigenvalue weighted by Crippen LogP contribution is -2.42. The molecule has 0 fully saturated rings. The summed E-state index contributed by atoms with van der Waals surface area (Å²) in [7, 11) is -4.00. The molecule has 198 valence electrons. The molecule has 0 spiro atoms. The summed E-state index contributed by atoms with van der Waals surface area (Å²) in [5.74, 6) is -0.274. The van der Waals surface area contributed by atoms with Crippen molar-refractivity contribution >= 4 is 32.5 Å². The zero-order valence-corrected chi connectivity index (χ0v) is 23.5. The first-order valence-electron chi connectivity index (χ1n) is 12.8. The zero-order chi connectivity index (χ0) is 27.5. The normalized spacial score (nSPS) is 11.9. The summed E-state index contributed by atoms with van der Waals surface area (Å²) >= 11 is 0. The van der Waals surface area contributed by atoms with Gasteiger partial charge in [0.1, 0.15) is 6.54 Å². The Kier molecular flexibility index (Phi) is 7.88. The number of amides is 1. The molecule has 0 bridgehead atoms. The predicted octanol–water partition coefficient (Wildman–Crippen LogP) is 6.08. The van der Waals surface area contributed by atoms with E-state index >= 15 is 0 Å². The third kappa shape index (κ3) is 5.89. The number of rotatable bonds is 8. The Bertz CT molecular complexity index is 1520. The fourth-order valence-electron chi connectivity index (χ4n) is 4.38. The number of anilines is 1. The summed E-state index contributed by atoms with van der Waals surface area (Å²) in [5.41, 5.74) is 4.22. The van der Waals surface area contributed by atoms with Crippen molar-refractivity contribution in [2.45, 2.75) is 51.5 Å². The van der Waals surface area contributed by atoms with E-state index in [9.17, 15) is 13.2 Å². The number of pyridine rings is 1. The van der Waals surface area contributed by atoms with Gasteiger partial charge in [-0.05, 0) is 66.8 Å². The van der Waals surface area contributed by atoms with Crippen LogP contribution in [-0.2, 0) is 26.8 Å². The molecule has 1 aromatic heterocycles. The molecule has 0 unspecified atom stereocenters. The van der Waals surface area contributed by atoms with Crippen LogP contribution in [0.2, 0.25) is 0 Å². The average Bonchev–Trinajstić information content (AvgIpc) is 2.90. The molecular formula is C31H35N3O3S. The molecule has 0 saturated heterocycles. The molecule has 6 nitrogen and oxygen atoms in total. The van der Waals surface area contributed by atoms with Crippen molar-refractivity contribution in [1.29, 1.82) is 0 Å². The molecule has 0 aliphatic rings. The van der Waals surface area contributed by atoms with Gasteiger partial charge in [-0.1, -0.05) is 68.8 Å². The van der Waals surface area contributed by atoms with Crippen molar-refractivity contribution in [1.82, 2.24) is 9.88 Å². The van der Waals surface area contributed by atoms with E-state index in [-0.39, 0.29) is 22.8 Å². The van der Waals surface area contributed by atoms with Crippen LogP contribution in [0.3, 0.4) is 0 Å². The first kappa shape index (κ1) is 27.3. The number of aryl methyl sites for hydroxylation is 1. The second-order valence-electron chi connectivity index (χ2n) is 10.5. The van der Waals surface area contributed by atoms with Crippen LogP contribution in [0.5, 0.6) is 0 Å². The van der Waals surface area contributed by atoms with E-state index in [1.807, 2.05) is 68.4 Å². The highest BCUT2D eigenvalue weighted by Gasteiger charge is 2.29. The Morgan fingerprint density at radius 1 is 0.895 bits per heavy atom. The van der Waals surface area contributed by atoms with Crippen LogP contribution in [-0.4, -0.2) is 37.3 Å². The quantitative estimate of drug-likeness (QED) is 0.277. The number of aromatic nitrogens is 1. The fraction of sp³-hybridized carbons (Fsp3) is 0.290. The van der Waals surface area contributed by atoms with Crippen molar-refractivity contribution in [3.05, 3.63) is 102 Å². The summed E-state index contributed by atoms with van der Waals surface area (Å²) in [4.78, 5) is 19.9. The van der Waals surface area contributed by atoms with Crippen LogP contribution in [0.25, 0.3) is 10.9 Å². The second-order valence-corrected chi connectivity index (χ2v) is 12.4. The molecule has 0 atom stereocenters. The molecule has 38 heavy (non-hydrogen) atoms. The van der Waals surface area contributed by atoms with Crippen molar-refractivity contribution in [3.8, 4) is 0 Å². The molecule has 4 rings (SSSR count). The van der Waals surface area contributed by atoms with Gasteiger partial charge in [-0.25, -0.2) is 8.42 Å². The summed E-state index contributed by atoms with van der Waals surface area (Å²) in [6, 6.07) is 23.8. The Labute approximate surface area is 226 Å². The van der Waals surface area contributed by atoms with Crippen LogP contribution in [0, 0.1) is 6.92 Å². The maximum absolute atomic E-state index is 13.9. The smallest absolute Gasteiger partial charge is 0.264 e. The highest BCUT2D eigenvalue weighted by molar-refractivity contribution is 7.92. The van der Waals surface area contributed by atoms with E-state index in [2.05, 4.69) is 25.8 Å². The SMILES string of the molecule is CCN(Cc1ccnc2ccccc12)C(=O)CN(c1ccc(C)cc1)S(=O)(=O)c1ccc(C(C)(C)C)cc1. The van der Waals surface area contributed by atoms with Gasteiger partial charge in [-0.15, -0.1) is 0 Å². The minimum Gasteiger partial charge on any atom is -0.337 e. The van der Waals surface area contributed by atoms with E-state index in [1.165, 1.54) is 4.31 Å². The number of nitrogens with zero attached hydrogens (tertiary/aromatic N) is 3. The van der Waals surface area contributed by atoms with Gasteiger partial charge < -0.3 is 4.90 Å². The summed E-state index contributed by atoms with van der Waals surface area (Å²) in [6.07, 6.45) is 1.74. The Morgan fingerprint density at radius 3 is 2.18 bits per heavy atom. The minimum atomic E-state index is -4.00. The fourth-order valence-corrected chi connectivity index (χ4v) is 5.79. The van der Waals surface area contributed by atoms with Gasteiger partial charge in [-0.3, -0.25) is 14.1 Å². The van der Waals surface area contributed by atoms with Gasteiger partial charge in [0.2, 0.25) is 5.91 Å². The van der Waals surface area contributed by atoms with Crippen molar-refractivity contribution in [2.24, 2.45) is 0 Å². The zero-order valence-electron chi connectivity index (χ0n) is 22.7. The number of hydrogen-bond donors (Lipinski definition) is 0.